The molecule has 4 aromatic rings. The lowest BCUT2D eigenvalue weighted by atomic mass is 9.83. The maximum absolute atomic E-state index is 12.9. The van der Waals surface area contributed by atoms with Crippen molar-refractivity contribution >= 4 is 27.7 Å². The number of nitrogens with one attached hydrogen (secondary N) is 2. The first-order chi connectivity index (χ1) is 13.3. The Hall–Kier alpha value is -3.01. The van der Waals surface area contributed by atoms with Gasteiger partial charge in [0.05, 0.1) is 11.4 Å². The number of aromatic nitrogens is 2. The number of para-hydroxylation sites is 2. The van der Waals surface area contributed by atoms with Crippen LogP contribution < -0.4 is 5.32 Å². The number of H-pyrrole nitrogens is 1. The summed E-state index contributed by atoms with van der Waals surface area (Å²) in [6, 6.07) is 14.9. The van der Waals surface area contributed by atoms with Crippen LogP contribution in [0.3, 0.4) is 0 Å². The Kier molecular flexibility index (Phi) is 3.07. The molecule has 2 atom stereocenters. The summed E-state index contributed by atoms with van der Waals surface area (Å²) >= 11 is 0. The van der Waals surface area contributed by atoms with Gasteiger partial charge in [0.1, 0.15) is 0 Å². The fraction of sp³-hybridized carbons (Fsp3) is 0.261. The van der Waals surface area contributed by atoms with Crippen molar-refractivity contribution in [3.05, 3.63) is 71.5 Å². The van der Waals surface area contributed by atoms with E-state index in [0.717, 1.165) is 18.5 Å². The minimum atomic E-state index is -0.138. The average Bonchev–Trinajstić information content (AvgIpc) is 3.38. The Morgan fingerprint density at radius 1 is 1.00 bits per heavy atom. The van der Waals surface area contributed by atoms with Crippen molar-refractivity contribution in [3.8, 4) is 0 Å². The molecule has 2 N–H and O–H groups in total. The summed E-state index contributed by atoms with van der Waals surface area (Å²) in [5, 5.41) is 5.60. The second-order valence-electron chi connectivity index (χ2n) is 7.81. The molecule has 0 radical (unpaired) electrons. The van der Waals surface area contributed by atoms with Gasteiger partial charge in [0.2, 0.25) is 5.91 Å². The highest BCUT2D eigenvalue weighted by Gasteiger charge is 2.39. The van der Waals surface area contributed by atoms with Crippen molar-refractivity contribution in [1.82, 2.24) is 14.9 Å². The molecular weight excluding hydrogens is 334 g/mol. The molecule has 27 heavy (non-hydrogen) atoms. The van der Waals surface area contributed by atoms with Gasteiger partial charge in [-0.05, 0) is 35.6 Å². The maximum atomic E-state index is 12.9. The number of nitrogens with zero attached hydrogens (tertiary/aromatic N) is 1. The van der Waals surface area contributed by atoms with Crippen molar-refractivity contribution in [2.45, 2.75) is 31.2 Å². The number of carbonyl (C=O) groups excluding carboxylic acids is 1. The molecule has 4 nitrogen and oxygen atoms in total. The van der Waals surface area contributed by atoms with Crippen LogP contribution in [0.4, 0.5) is 0 Å². The normalized spacial score (nSPS) is 21.9. The lowest BCUT2D eigenvalue weighted by Crippen LogP contribution is -2.18. The minimum Gasteiger partial charge on any atom is -0.361 e. The number of rotatable bonds is 2. The average molecular weight is 355 g/mol. The third-order valence-electron chi connectivity index (χ3n) is 6.39. The second kappa shape index (κ2) is 5.49. The molecule has 2 aromatic carbocycles. The quantitative estimate of drug-likeness (QED) is 0.560. The van der Waals surface area contributed by atoms with Crippen molar-refractivity contribution < 1.29 is 4.79 Å². The lowest BCUT2D eigenvalue weighted by molar-refractivity contribution is -0.120. The molecule has 1 amide bonds. The van der Waals surface area contributed by atoms with Crippen LogP contribution in [-0.4, -0.2) is 22.0 Å². The van der Waals surface area contributed by atoms with Crippen molar-refractivity contribution in [1.29, 1.82) is 0 Å². The zero-order valence-corrected chi connectivity index (χ0v) is 15.0. The number of benzene rings is 2. The summed E-state index contributed by atoms with van der Waals surface area (Å²) in [6.07, 6.45) is 6.63. The minimum absolute atomic E-state index is 0.138. The number of hydrogen-bond donors (Lipinski definition) is 2. The molecule has 134 valence electrons. The van der Waals surface area contributed by atoms with Gasteiger partial charge in [-0.15, -0.1) is 0 Å². The summed E-state index contributed by atoms with van der Waals surface area (Å²) in [6.45, 7) is 1.73. The molecule has 2 aliphatic rings. The van der Waals surface area contributed by atoms with E-state index in [9.17, 15) is 4.79 Å². The topological polar surface area (TPSA) is 49.8 Å². The second-order valence-corrected chi connectivity index (χ2v) is 7.81. The smallest absolute Gasteiger partial charge is 0.228 e. The van der Waals surface area contributed by atoms with Gasteiger partial charge in [0.25, 0.3) is 0 Å². The molecule has 0 bridgehead atoms. The highest BCUT2D eigenvalue weighted by molar-refractivity contribution is 5.97. The molecule has 0 unspecified atom stereocenters. The Morgan fingerprint density at radius 2 is 1.89 bits per heavy atom. The molecule has 0 spiro atoms. The summed E-state index contributed by atoms with van der Waals surface area (Å²) in [5.41, 5.74) is 6.29. The fourth-order valence-electron chi connectivity index (χ4n) is 5.20. The molecule has 2 aromatic heterocycles. The summed E-state index contributed by atoms with van der Waals surface area (Å²) in [5.74, 6) is 0.160. The van der Waals surface area contributed by atoms with Crippen molar-refractivity contribution in [2.75, 3.05) is 6.54 Å². The molecule has 0 aliphatic carbocycles. The van der Waals surface area contributed by atoms with Crippen molar-refractivity contribution in [2.24, 2.45) is 0 Å². The largest absolute Gasteiger partial charge is 0.361 e. The summed E-state index contributed by atoms with van der Waals surface area (Å²) in [4.78, 5) is 16.3. The molecule has 6 rings (SSSR count). The number of fused-ring (bicyclic) bond motifs is 1. The first-order valence-electron chi connectivity index (χ1n) is 9.75. The first kappa shape index (κ1) is 15.1. The highest BCUT2D eigenvalue weighted by Crippen LogP contribution is 2.43. The number of aryl methyl sites for hydroxylation is 2. The predicted octanol–water partition coefficient (Wildman–Crippen LogP) is 4.07. The van der Waals surface area contributed by atoms with Crippen LogP contribution in [0.5, 0.6) is 0 Å². The SMILES string of the molecule is O=C1NC[C@H](c2c[nH]c3ccccc23)[C@H]1c1cn2c3c(cccc13)CCC2. The van der Waals surface area contributed by atoms with Gasteiger partial charge < -0.3 is 14.9 Å². The number of carbonyl (C=O) groups is 1. The van der Waals surface area contributed by atoms with E-state index in [1.807, 2.05) is 6.07 Å². The van der Waals surface area contributed by atoms with E-state index >= 15 is 0 Å². The van der Waals surface area contributed by atoms with Crippen LogP contribution in [0, 0.1) is 0 Å². The van der Waals surface area contributed by atoms with E-state index in [-0.39, 0.29) is 17.7 Å². The van der Waals surface area contributed by atoms with E-state index in [1.54, 1.807) is 0 Å². The molecular formula is C23H21N3O. The Balaban J connectivity index is 1.55. The van der Waals surface area contributed by atoms with E-state index in [1.165, 1.54) is 39.4 Å². The van der Waals surface area contributed by atoms with Crippen LogP contribution >= 0.6 is 0 Å². The van der Waals surface area contributed by atoms with E-state index in [4.69, 9.17) is 0 Å². The zero-order chi connectivity index (χ0) is 18.0. The van der Waals surface area contributed by atoms with Gasteiger partial charge in [-0.2, -0.15) is 0 Å². The van der Waals surface area contributed by atoms with Crippen LogP contribution in [0.2, 0.25) is 0 Å². The number of hydrogen-bond acceptors (Lipinski definition) is 1. The number of aromatic amines is 1. The summed E-state index contributed by atoms with van der Waals surface area (Å²) in [7, 11) is 0. The third-order valence-corrected chi connectivity index (χ3v) is 6.39. The van der Waals surface area contributed by atoms with Gasteiger partial charge in [-0.3, -0.25) is 4.79 Å². The number of amides is 1. The molecule has 1 fully saturated rings. The zero-order valence-electron chi connectivity index (χ0n) is 15.0. The van der Waals surface area contributed by atoms with Crippen LogP contribution in [-0.2, 0) is 17.8 Å². The summed E-state index contributed by atoms with van der Waals surface area (Å²) < 4.78 is 2.36. The maximum Gasteiger partial charge on any atom is 0.228 e. The van der Waals surface area contributed by atoms with Crippen LogP contribution in [0.15, 0.2) is 54.9 Å². The standard InChI is InChI=1S/C23H21N3O/c27-23-21(18(12-25-23)17-11-24-20-9-2-1-7-15(17)20)19-13-26-10-4-6-14-5-3-8-16(19)22(14)26/h1-3,5,7-9,11,13,18,21,24H,4,6,10,12H2,(H,25,27)/t18-,21+/m1/s1. The third kappa shape index (κ3) is 2.07. The molecule has 4 heterocycles. The Labute approximate surface area is 157 Å². The Morgan fingerprint density at radius 3 is 2.85 bits per heavy atom. The molecule has 0 saturated carbocycles. The fourth-order valence-corrected chi connectivity index (χ4v) is 5.20. The van der Waals surface area contributed by atoms with Gasteiger partial charge in [0, 0.05) is 47.7 Å². The molecule has 2 aliphatic heterocycles. The van der Waals surface area contributed by atoms with E-state index in [0.29, 0.717) is 6.54 Å². The lowest BCUT2D eigenvalue weighted by Gasteiger charge is -2.16. The van der Waals surface area contributed by atoms with Gasteiger partial charge in [-0.25, -0.2) is 0 Å². The first-order valence-corrected chi connectivity index (χ1v) is 9.75. The Bertz CT molecular complexity index is 1200. The van der Waals surface area contributed by atoms with Crippen LogP contribution in [0.25, 0.3) is 21.8 Å². The highest BCUT2D eigenvalue weighted by atomic mass is 16.2. The monoisotopic (exact) mass is 355 g/mol. The predicted molar refractivity (Wildman–Crippen MR) is 107 cm³/mol. The van der Waals surface area contributed by atoms with Crippen LogP contribution in [0.1, 0.15) is 34.9 Å². The van der Waals surface area contributed by atoms with Gasteiger partial charge in [0.15, 0.2) is 0 Å². The van der Waals surface area contributed by atoms with E-state index in [2.05, 4.69) is 63.7 Å². The van der Waals surface area contributed by atoms with E-state index < -0.39 is 0 Å². The molecule has 4 heteroatoms. The molecule has 1 saturated heterocycles. The van der Waals surface area contributed by atoms with Gasteiger partial charge in [-0.1, -0.05) is 36.4 Å². The van der Waals surface area contributed by atoms with Crippen molar-refractivity contribution in [3.63, 3.8) is 0 Å². The van der Waals surface area contributed by atoms with Gasteiger partial charge >= 0.3 is 0 Å².